The van der Waals surface area contributed by atoms with Gasteiger partial charge < -0.3 is 0 Å². The first-order valence-corrected chi connectivity index (χ1v) is 7.26. The third-order valence-corrected chi connectivity index (χ3v) is 4.06. The molecule has 18 heavy (non-hydrogen) atoms. The van der Waals surface area contributed by atoms with Gasteiger partial charge in [-0.15, -0.1) is 0 Å². The number of aromatic nitrogens is 2. The maximum absolute atomic E-state index is 11.8. The third-order valence-electron chi connectivity index (χ3n) is 4.06. The Kier molecular flexibility index (Phi) is 4.20. The van der Waals surface area contributed by atoms with Gasteiger partial charge in [-0.25, -0.2) is 0 Å². The van der Waals surface area contributed by atoms with Gasteiger partial charge in [-0.2, -0.15) is 5.10 Å². The Morgan fingerprint density at radius 2 is 1.94 bits per heavy atom. The van der Waals surface area contributed by atoms with Crippen LogP contribution in [0.2, 0.25) is 0 Å². The summed E-state index contributed by atoms with van der Waals surface area (Å²) in [6.07, 6.45) is 7.09. The van der Waals surface area contributed by atoms with Crippen LogP contribution in [0.25, 0.3) is 0 Å². The van der Waals surface area contributed by atoms with Crippen LogP contribution in [-0.2, 0) is 19.4 Å². The second-order valence-electron chi connectivity index (χ2n) is 5.36. The van der Waals surface area contributed by atoms with Gasteiger partial charge in [0.2, 0.25) is 0 Å². The summed E-state index contributed by atoms with van der Waals surface area (Å²) in [6, 6.07) is 0. The van der Waals surface area contributed by atoms with E-state index in [1.165, 1.54) is 25.7 Å². The fourth-order valence-electron chi connectivity index (χ4n) is 3.15. The highest BCUT2D eigenvalue weighted by molar-refractivity contribution is 5.96. The number of carbonyl (C=O) groups is 1. The molecular formula is C15H24N2O. The van der Waals surface area contributed by atoms with Gasteiger partial charge in [-0.05, 0) is 38.5 Å². The quantitative estimate of drug-likeness (QED) is 0.748. The standard InChI is InChI=1S/C15H24N2O/c1-4-13-15(11(3)18)14(5-2)17(16-13)10-12-8-6-7-9-12/h12H,4-10H2,1-3H3. The predicted octanol–water partition coefficient (Wildman–Crippen LogP) is 3.40. The molecular weight excluding hydrogens is 224 g/mol. The predicted molar refractivity (Wildman–Crippen MR) is 72.9 cm³/mol. The van der Waals surface area contributed by atoms with E-state index in [1.54, 1.807) is 6.92 Å². The first-order valence-electron chi connectivity index (χ1n) is 7.26. The van der Waals surface area contributed by atoms with E-state index in [2.05, 4.69) is 23.6 Å². The molecule has 0 unspecified atom stereocenters. The Morgan fingerprint density at radius 3 is 2.44 bits per heavy atom. The van der Waals surface area contributed by atoms with E-state index >= 15 is 0 Å². The second kappa shape index (κ2) is 5.68. The number of hydrogen-bond acceptors (Lipinski definition) is 2. The number of nitrogens with zero attached hydrogens (tertiary/aromatic N) is 2. The molecule has 1 saturated carbocycles. The van der Waals surface area contributed by atoms with Crippen LogP contribution in [0, 0.1) is 5.92 Å². The van der Waals surface area contributed by atoms with Gasteiger partial charge in [0.15, 0.2) is 5.78 Å². The van der Waals surface area contributed by atoms with Gasteiger partial charge in [0, 0.05) is 12.2 Å². The maximum atomic E-state index is 11.8. The summed E-state index contributed by atoms with van der Waals surface area (Å²) in [5.41, 5.74) is 3.02. The fraction of sp³-hybridized carbons (Fsp3) is 0.733. The van der Waals surface area contributed by atoms with Crippen LogP contribution >= 0.6 is 0 Å². The molecule has 0 N–H and O–H groups in total. The smallest absolute Gasteiger partial charge is 0.163 e. The molecule has 0 saturated heterocycles. The van der Waals surface area contributed by atoms with Crippen LogP contribution in [0.3, 0.4) is 0 Å². The van der Waals surface area contributed by atoms with Gasteiger partial charge in [0.1, 0.15) is 0 Å². The van der Waals surface area contributed by atoms with Gasteiger partial charge >= 0.3 is 0 Å². The van der Waals surface area contributed by atoms with Crippen LogP contribution in [0.15, 0.2) is 0 Å². The van der Waals surface area contributed by atoms with Crippen LogP contribution in [0.5, 0.6) is 0 Å². The summed E-state index contributed by atoms with van der Waals surface area (Å²) in [5, 5.41) is 4.68. The molecule has 1 aromatic heterocycles. The minimum atomic E-state index is 0.168. The molecule has 0 aromatic carbocycles. The van der Waals surface area contributed by atoms with Crippen LogP contribution in [0.4, 0.5) is 0 Å². The average molecular weight is 248 g/mol. The lowest BCUT2D eigenvalue weighted by atomic mass is 10.1. The Bertz CT molecular complexity index is 428. The van der Waals surface area contributed by atoms with E-state index in [0.717, 1.165) is 42.3 Å². The Balaban J connectivity index is 2.31. The lowest BCUT2D eigenvalue weighted by Gasteiger charge is -2.12. The molecule has 1 aliphatic carbocycles. The van der Waals surface area contributed by atoms with Gasteiger partial charge in [-0.3, -0.25) is 9.48 Å². The molecule has 0 spiro atoms. The molecule has 0 aliphatic heterocycles. The summed E-state index contributed by atoms with van der Waals surface area (Å²) in [4.78, 5) is 11.8. The lowest BCUT2D eigenvalue weighted by Crippen LogP contribution is -2.12. The highest BCUT2D eigenvalue weighted by atomic mass is 16.1. The molecule has 0 bridgehead atoms. The molecule has 0 amide bonds. The molecule has 100 valence electrons. The summed E-state index contributed by atoms with van der Waals surface area (Å²) < 4.78 is 2.12. The fourth-order valence-corrected chi connectivity index (χ4v) is 3.15. The largest absolute Gasteiger partial charge is 0.294 e. The Morgan fingerprint density at radius 1 is 1.28 bits per heavy atom. The molecule has 3 nitrogen and oxygen atoms in total. The van der Waals surface area contributed by atoms with E-state index in [0.29, 0.717) is 0 Å². The second-order valence-corrected chi connectivity index (χ2v) is 5.36. The molecule has 0 radical (unpaired) electrons. The minimum Gasteiger partial charge on any atom is -0.294 e. The monoisotopic (exact) mass is 248 g/mol. The highest BCUT2D eigenvalue weighted by Gasteiger charge is 2.22. The van der Waals surface area contributed by atoms with E-state index in [4.69, 9.17) is 0 Å². The molecule has 3 heteroatoms. The van der Waals surface area contributed by atoms with Crippen molar-refractivity contribution in [2.45, 2.75) is 65.8 Å². The average Bonchev–Trinajstić information content (AvgIpc) is 2.96. The molecule has 0 atom stereocenters. The van der Waals surface area contributed by atoms with Crippen molar-refractivity contribution in [3.63, 3.8) is 0 Å². The van der Waals surface area contributed by atoms with Crippen molar-refractivity contribution in [2.75, 3.05) is 0 Å². The van der Waals surface area contributed by atoms with E-state index in [1.807, 2.05) is 0 Å². The number of carbonyl (C=O) groups excluding carboxylic acids is 1. The summed E-state index contributed by atoms with van der Waals surface area (Å²) in [5.74, 6) is 0.932. The zero-order valence-corrected chi connectivity index (χ0v) is 11.8. The number of hydrogen-bond donors (Lipinski definition) is 0. The normalized spacial score (nSPS) is 16.4. The summed E-state index contributed by atoms with van der Waals surface area (Å²) >= 11 is 0. The van der Waals surface area contributed by atoms with Crippen molar-refractivity contribution >= 4 is 5.78 Å². The van der Waals surface area contributed by atoms with Gasteiger partial charge in [-0.1, -0.05) is 26.7 Å². The van der Waals surface area contributed by atoms with E-state index < -0.39 is 0 Å². The zero-order chi connectivity index (χ0) is 13.1. The topological polar surface area (TPSA) is 34.9 Å². The molecule has 1 aliphatic rings. The number of ketones is 1. The number of rotatable bonds is 5. The van der Waals surface area contributed by atoms with Crippen molar-refractivity contribution in [3.05, 3.63) is 17.0 Å². The number of Topliss-reactive ketones (excluding diaryl/α,β-unsaturated/α-hetero) is 1. The Labute approximate surface area is 110 Å². The molecule has 2 rings (SSSR count). The Hall–Kier alpha value is -1.12. The highest BCUT2D eigenvalue weighted by Crippen LogP contribution is 2.27. The first kappa shape index (κ1) is 13.3. The number of aryl methyl sites for hydroxylation is 1. The first-order chi connectivity index (χ1) is 8.67. The summed E-state index contributed by atoms with van der Waals surface area (Å²) in [6.45, 7) is 6.86. The van der Waals surface area contributed by atoms with Crippen LogP contribution in [-0.4, -0.2) is 15.6 Å². The minimum absolute atomic E-state index is 0.168. The van der Waals surface area contributed by atoms with E-state index in [9.17, 15) is 4.79 Å². The van der Waals surface area contributed by atoms with E-state index in [-0.39, 0.29) is 5.78 Å². The lowest BCUT2D eigenvalue weighted by molar-refractivity contribution is 0.101. The van der Waals surface area contributed by atoms with Crippen molar-refractivity contribution in [1.29, 1.82) is 0 Å². The van der Waals surface area contributed by atoms with Crippen molar-refractivity contribution in [1.82, 2.24) is 9.78 Å². The molecule has 1 aromatic rings. The molecule has 1 fully saturated rings. The van der Waals surface area contributed by atoms with Gasteiger partial charge in [0.05, 0.1) is 11.3 Å². The van der Waals surface area contributed by atoms with Crippen molar-refractivity contribution in [3.8, 4) is 0 Å². The maximum Gasteiger partial charge on any atom is 0.163 e. The van der Waals surface area contributed by atoms with Crippen LogP contribution in [0.1, 0.15) is 68.2 Å². The summed E-state index contributed by atoms with van der Waals surface area (Å²) in [7, 11) is 0. The third kappa shape index (κ3) is 2.50. The van der Waals surface area contributed by atoms with Crippen molar-refractivity contribution < 1.29 is 4.79 Å². The van der Waals surface area contributed by atoms with Gasteiger partial charge in [0.25, 0.3) is 0 Å². The molecule has 1 heterocycles. The van der Waals surface area contributed by atoms with Crippen LogP contribution < -0.4 is 0 Å². The zero-order valence-electron chi connectivity index (χ0n) is 11.8. The SMILES string of the molecule is CCc1nn(CC2CCCC2)c(CC)c1C(C)=O. The van der Waals surface area contributed by atoms with Crippen molar-refractivity contribution in [2.24, 2.45) is 5.92 Å².